The maximum Gasteiger partial charge on any atom is 0.123 e. The van der Waals surface area contributed by atoms with Crippen LogP contribution in [0.2, 0.25) is 0 Å². The molecule has 0 aliphatic carbocycles. The molecule has 0 aliphatic rings. The fourth-order valence-electron chi connectivity index (χ4n) is 1.75. The Kier molecular flexibility index (Phi) is 5.51. The molecule has 0 spiro atoms. The summed E-state index contributed by atoms with van der Waals surface area (Å²) in [7, 11) is 0. The number of aryl methyl sites for hydroxylation is 1. The minimum atomic E-state index is 0.137. The van der Waals surface area contributed by atoms with Crippen LogP contribution in [0.3, 0.4) is 0 Å². The van der Waals surface area contributed by atoms with Gasteiger partial charge in [0, 0.05) is 5.33 Å². The van der Waals surface area contributed by atoms with Gasteiger partial charge in [0.1, 0.15) is 5.75 Å². The summed E-state index contributed by atoms with van der Waals surface area (Å²) in [6.07, 6.45) is 2.26. The van der Waals surface area contributed by atoms with E-state index in [1.54, 1.807) is 0 Å². The molecule has 1 rings (SSSR count). The zero-order chi connectivity index (χ0) is 12.9. The van der Waals surface area contributed by atoms with Gasteiger partial charge in [-0.05, 0) is 42.4 Å². The normalized spacial score (nSPS) is 11.6. The molecule has 96 valence electrons. The van der Waals surface area contributed by atoms with E-state index in [2.05, 4.69) is 61.8 Å². The molecule has 0 unspecified atom stereocenters. The lowest BCUT2D eigenvalue weighted by molar-refractivity contribution is 0.301. The van der Waals surface area contributed by atoms with Gasteiger partial charge in [-0.3, -0.25) is 0 Å². The molecule has 0 fully saturated rings. The Morgan fingerprint density at radius 3 is 2.47 bits per heavy atom. The lowest BCUT2D eigenvalue weighted by Crippen LogP contribution is -2.14. The van der Waals surface area contributed by atoms with Gasteiger partial charge < -0.3 is 4.74 Å². The van der Waals surface area contributed by atoms with Gasteiger partial charge in [-0.2, -0.15) is 0 Å². The van der Waals surface area contributed by atoms with E-state index >= 15 is 0 Å². The van der Waals surface area contributed by atoms with Crippen molar-refractivity contribution in [3.05, 3.63) is 29.3 Å². The highest BCUT2D eigenvalue weighted by Crippen LogP contribution is 2.32. The maximum atomic E-state index is 5.93. The zero-order valence-corrected chi connectivity index (χ0v) is 12.9. The fourth-order valence-corrected chi connectivity index (χ4v) is 2.14. The van der Waals surface area contributed by atoms with Crippen molar-refractivity contribution >= 4 is 15.9 Å². The van der Waals surface area contributed by atoms with Crippen molar-refractivity contribution in [2.24, 2.45) is 0 Å². The molecule has 0 saturated heterocycles. The average Bonchev–Trinajstić information content (AvgIpc) is 2.23. The molecular weight excluding hydrogens is 276 g/mol. The Hall–Kier alpha value is -0.500. The van der Waals surface area contributed by atoms with Gasteiger partial charge >= 0.3 is 0 Å². The molecule has 0 aliphatic heterocycles. The molecule has 0 heterocycles. The number of unbranched alkanes of at least 4 members (excludes halogenated alkanes) is 1. The largest absolute Gasteiger partial charge is 0.493 e. The number of hydrogen-bond donors (Lipinski definition) is 0. The number of alkyl halides is 1. The van der Waals surface area contributed by atoms with Crippen LogP contribution in [0.25, 0.3) is 0 Å². The molecule has 17 heavy (non-hydrogen) atoms. The van der Waals surface area contributed by atoms with Gasteiger partial charge in [-0.15, -0.1) is 0 Å². The van der Waals surface area contributed by atoms with E-state index < -0.39 is 0 Å². The summed E-state index contributed by atoms with van der Waals surface area (Å²) >= 11 is 3.44. The van der Waals surface area contributed by atoms with Gasteiger partial charge in [0.05, 0.1) is 6.61 Å². The van der Waals surface area contributed by atoms with Gasteiger partial charge in [0.2, 0.25) is 0 Å². The molecule has 2 heteroatoms. The van der Waals surface area contributed by atoms with Crippen LogP contribution in [0.1, 0.15) is 44.7 Å². The smallest absolute Gasteiger partial charge is 0.123 e. The van der Waals surface area contributed by atoms with Crippen LogP contribution in [-0.4, -0.2) is 11.9 Å². The monoisotopic (exact) mass is 298 g/mol. The first kappa shape index (κ1) is 14.6. The first-order valence-electron chi connectivity index (χ1n) is 6.25. The van der Waals surface area contributed by atoms with Crippen LogP contribution in [0.15, 0.2) is 18.2 Å². The standard InChI is InChI=1S/C15H23BrO/c1-12-7-8-13(15(2,3)4)14(11-12)17-10-6-5-9-16/h7-8,11H,5-6,9-10H2,1-4H3. The number of hydrogen-bond acceptors (Lipinski definition) is 1. The van der Waals surface area contributed by atoms with E-state index in [-0.39, 0.29) is 5.41 Å². The number of halogens is 1. The zero-order valence-electron chi connectivity index (χ0n) is 11.3. The van der Waals surface area contributed by atoms with Crippen molar-refractivity contribution < 1.29 is 4.74 Å². The van der Waals surface area contributed by atoms with E-state index in [4.69, 9.17) is 4.74 Å². The molecule has 1 aromatic carbocycles. The molecule has 1 aromatic rings. The lowest BCUT2D eigenvalue weighted by atomic mass is 9.86. The van der Waals surface area contributed by atoms with E-state index in [0.717, 1.165) is 30.5 Å². The van der Waals surface area contributed by atoms with Crippen LogP contribution >= 0.6 is 15.9 Å². The van der Waals surface area contributed by atoms with Crippen LogP contribution in [0, 0.1) is 6.92 Å². The minimum absolute atomic E-state index is 0.137. The number of ether oxygens (including phenoxy) is 1. The second kappa shape index (κ2) is 6.44. The highest BCUT2D eigenvalue weighted by molar-refractivity contribution is 9.09. The van der Waals surface area contributed by atoms with Crippen LogP contribution in [0.5, 0.6) is 5.75 Å². The summed E-state index contributed by atoms with van der Waals surface area (Å²) in [5, 5.41) is 1.05. The summed E-state index contributed by atoms with van der Waals surface area (Å²) in [6, 6.07) is 6.50. The summed E-state index contributed by atoms with van der Waals surface area (Å²) < 4.78 is 5.93. The van der Waals surface area contributed by atoms with E-state index in [1.165, 1.54) is 11.1 Å². The molecule has 0 bridgehead atoms. The van der Waals surface area contributed by atoms with E-state index in [9.17, 15) is 0 Å². The van der Waals surface area contributed by atoms with Crippen LogP contribution in [0.4, 0.5) is 0 Å². The Morgan fingerprint density at radius 2 is 1.88 bits per heavy atom. The molecule has 0 saturated carbocycles. The molecular formula is C15H23BrO. The Bertz CT molecular complexity index is 352. The van der Waals surface area contributed by atoms with Crippen molar-refractivity contribution in [1.82, 2.24) is 0 Å². The highest BCUT2D eigenvalue weighted by atomic mass is 79.9. The summed E-state index contributed by atoms with van der Waals surface area (Å²) in [6.45, 7) is 9.59. The van der Waals surface area contributed by atoms with Crippen molar-refractivity contribution in [2.75, 3.05) is 11.9 Å². The van der Waals surface area contributed by atoms with E-state index in [1.807, 2.05) is 0 Å². The average molecular weight is 299 g/mol. The predicted octanol–water partition coefficient (Wildman–Crippen LogP) is 4.85. The van der Waals surface area contributed by atoms with Gasteiger partial charge in [-0.25, -0.2) is 0 Å². The first-order chi connectivity index (χ1) is 7.95. The van der Waals surface area contributed by atoms with Crippen LogP contribution < -0.4 is 4.74 Å². The third-order valence-corrected chi connectivity index (χ3v) is 3.29. The molecule has 0 N–H and O–H groups in total. The van der Waals surface area contributed by atoms with Crippen molar-refractivity contribution in [1.29, 1.82) is 0 Å². The van der Waals surface area contributed by atoms with Gasteiger partial charge in [0.25, 0.3) is 0 Å². The van der Waals surface area contributed by atoms with E-state index in [0.29, 0.717) is 0 Å². The second-order valence-corrected chi connectivity index (χ2v) is 6.29. The summed E-state index contributed by atoms with van der Waals surface area (Å²) in [4.78, 5) is 0. The molecule has 1 nitrogen and oxygen atoms in total. The second-order valence-electron chi connectivity index (χ2n) is 5.49. The van der Waals surface area contributed by atoms with Crippen molar-refractivity contribution in [3.8, 4) is 5.75 Å². The molecule has 0 radical (unpaired) electrons. The topological polar surface area (TPSA) is 9.23 Å². The third-order valence-electron chi connectivity index (χ3n) is 2.73. The fraction of sp³-hybridized carbons (Fsp3) is 0.600. The SMILES string of the molecule is Cc1ccc(C(C)(C)C)c(OCCCCBr)c1. The van der Waals surface area contributed by atoms with Crippen LogP contribution in [-0.2, 0) is 5.41 Å². The number of rotatable bonds is 5. The number of benzene rings is 1. The lowest BCUT2D eigenvalue weighted by Gasteiger charge is -2.23. The predicted molar refractivity (Wildman–Crippen MR) is 78.4 cm³/mol. The minimum Gasteiger partial charge on any atom is -0.493 e. The van der Waals surface area contributed by atoms with Crippen molar-refractivity contribution in [2.45, 2.75) is 46.0 Å². The Labute approximate surface area is 114 Å². The summed E-state index contributed by atoms with van der Waals surface area (Å²) in [5.74, 6) is 1.05. The molecule has 0 amide bonds. The molecule has 0 atom stereocenters. The Balaban J connectivity index is 2.77. The van der Waals surface area contributed by atoms with Crippen molar-refractivity contribution in [3.63, 3.8) is 0 Å². The Morgan fingerprint density at radius 1 is 1.18 bits per heavy atom. The van der Waals surface area contributed by atoms with Gasteiger partial charge in [-0.1, -0.05) is 48.8 Å². The first-order valence-corrected chi connectivity index (χ1v) is 7.37. The quantitative estimate of drug-likeness (QED) is 0.558. The maximum absolute atomic E-state index is 5.93. The molecule has 0 aromatic heterocycles. The highest BCUT2D eigenvalue weighted by Gasteiger charge is 2.18. The third kappa shape index (κ3) is 4.71. The summed E-state index contributed by atoms with van der Waals surface area (Å²) in [5.41, 5.74) is 2.69. The van der Waals surface area contributed by atoms with Gasteiger partial charge in [0.15, 0.2) is 0 Å².